The van der Waals surface area contributed by atoms with Crippen LogP contribution < -0.4 is 16.2 Å². The van der Waals surface area contributed by atoms with Crippen LogP contribution in [0.3, 0.4) is 0 Å². The zero-order chi connectivity index (χ0) is 20.2. The molecule has 27 heavy (non-hydrogen) atoms. The number of carbonyl (C=O) groups excluding carboxylic acids is 2. The van der Waals surface area contributed by atoms with Crippen LogP contribution in [0.2, 0.25) is 5.02 Å². The van der Waals surface area contributed by atoms with Crippen molar-refractivity contribution in [2.75, 3.05) is 5.75 Å². The summed E-state index contributed by atoms with van der Waals surface area (Å²) in [5.74, 6) is -0.558. The highest BCUT2D eigenvalue weighted by Gasteiger charge is 2.17. The third-order valence-corrected chi connectivity index (χ3v) is 4.48. The van der Waals surface area contributed by atoms with E-state index in [0.717, 1.165) is 11.8 Å². The van der Waals surface area contributed by atoms with Crippen molar-refractivity contribution in [1.29, 1.82) is 0 Å². The van der Waals surface area contributed by atoms with Crippen LogP contribution in [0.15, 0.2) is 40.8 Å². The summed E-state index contributed by atoms with van der Waals surface area (Å²) in [5.41, 5.74) is -0.239. The van der Waals surface area contributed by atoms with Crippen molar-refractivity contribution in [3.05, 3.63) is 46.2 Å². The number of hydrogen-bond donors (Lipinski definition) is 2. The van der Waals surface area contributed by atoms with Gasteiger partial charge >= 0.3 is 6.03 Å². The van der Waals surface area contributed by atoms with Gasteiger partial charge in [0.25, 0.3) is 5.56 Å². The van der Waals surface area contributed by atoms with E-state index >= 15 is 0 Å². The van der Waals surface area contributed by atoms with E-state index in [-0.39, 0.29) is 17.9 Å². The molecule has 0 saturated heterocycles. The Morgan fingerprint density at radius 2 is 2.07 bits per heavy atom. The van der Waals surface area contributed by atoms with Crippen LogP contribution in [0.25, 0.3) is 10.9 Å². The standard InChI is InChI=1S/C18H21ClN4O3S/c1-5-8-23-15(25)12-9-11(19)6-7-13(12)20-17(23)27-10-14(24)21-16(26)22-18(2,3)4/h5-7,9H,1,8,10H2,2-4H3,(H2,21,22,24,26). The van der Waals surface area contributed by atoms with Crippen molar-refractivity contribution in [3.8, 4) is 0 Å². The van der Waals surface area contributed by atoms with E-state index in [1.165, 1.54) is 4.57 Å². The van der Waals surface area contributed by atoms with E-state index < -0.39 is 17.5 Å². The summed E-state index contributed by atoms with van der Waals surface area (Å²) in [6.07, 6.45) is 1.57. The van der Waals surface area contributed by atoms with Gasteiger partial charge < -0.3 is 5.32 Å². The van der Waals surface area contributed by atoms with Gasteiger partial charge in [0.05, 0.1) is 16.7 Å². The van der Waals surface area contributed by atoms with Crippen LogP contribution in [0.5, 0.6) is 0 Å². The topological polar surface area (TPSA) is 93.1 Å². The molecule has 0 radical (unpaired) electrons. The van der Waals surface area contributed by atoms with Gasteiger partial charge in [-0.25, -0.2) is 9.78 Å². The lowest BCUT2D eigenvalue weighted by Gasteiger charge is -2.20. The molecule has 2 N–H and O–H groups in total. The van der Waals surface area contributed by atoms with Gasteiger partial charge in [-0.3, -0.25) is 19.5 Å². The quantitative estimate of drug-likeness (QED) is 0.450. The fourth-order valence-electron chi connectivity index (χ4n) is 2.24. The van der Waals surface area contributed by atoms with E-state index in [9.17, 15) is 14.4 Å². The highest BCUT2D eigenvalue weighted by Crippen LogP contribution is 2.20. The number of allylic oxidation sites excluding steroid dienone is 1. The zero-order valence-corrected chi connectivity index (χ0v) is 16.9. The Bertz CT molecular complexity index is 950. The minimum absolute atomic E-state index is 0.0692. The number of nitrogens with one attached hydrogen (secondary N) is 2. The molecule has 0 spiro atoms. The molecular formula is C18H21ClN4O3S. The van der Waals surface area contributed by atoms with E-state index in [1.54, 1.807) is 24.3 Å². The molecule has 0 fully saturated rings. The summed E-state index contributed by atoms with van der Waals surface area (Å²) in [6, 6.07) is 4.28. The minimum atomic E-state index is -0.572. The number of carbonyl (C=O) groups is 2. The normalized spacial score (nSPS) is 11.3. The zero-order valence-electron chi connectivity index (χ0n) is 15.3. The van der Waals surface area contributed by atoms with Gasteiger partial charge in [0.2, 0.25) is 5.91 Å². The maximum atomic E-state index is 12.7. The maximum Gasteiger partial charge on any atom is 0.321 e. The first-order valence-corrected chi connectivity index (χ1v) is 9.53. The molecule has 3 amide bonds. The van der Waals surface area contributed by atoms with E-state index in [4.69, 9.17) is 11.6 Å². The Hall–Kier alpha value is -2.32. The highest BCUT2D eigenvalue weighted by molar-refractivity contribution is 7.99. The Labute approximate surface area is 166 Å². The smallest absolute Gasteiger partial charge is 0.321 e. The third-order valence-electron chi connectivity index (χ3n) is 3.27. The number of urea groups is 1. The van der Waals surface area contributed by atoms with E-state index in [1.807, 2.05) is 20.8 Å². The highest BCUT2D eigenvalue weighted by atomic mass is 35.5. The predicted molar refractivity (Wildman–Crippen MR) is 108 cm³/mol. The van der Waals surface area contributed by atoms with Crippen LogP contribution in [0.4, 0.5) is 4.79 Å². The van der Waals surface area contributed by atoms with Gasteiger partial charge in [0, 0.05) is 17.1 Å². The Morgan fingerprint density at radius 1 is 1.37 bits per heavy atom. The van der Waals surface area contributed by atoms with Crippen molar-refractivity contribution in [2.45, 2.75) is 38.0 Å². The second-order valence-corrected chi connectivity index (χ2v) is 8.18. The molecule has 9 heteroatoms. The molecule has 0 saturated carbocycles. The first-order chi connectivity index (χ1) is 12.6. The predicted octanol–water partition coefficient (Wildman–Crippen LogP) is 2.95. The van der Waals surface area contributed by atoms with E-state index in [2.05, 4.69) is 22.2 Å². The number of fused-ring (bicyclic) bond motifs is 1. The van der Waals surface area contributed by atoms with Gasteiger partial charge in [-0.05, 0) is 39.0 Å². The molecule has 2 aromatic rings. The summed E-state index contributed by atoms with van der Waals surface area (Å²) in [4.78, 5) is 40.9. The fraction of sp³-hybridized carbons (Fsp3) is 0.333. The second-order valence-electron chi connectivity index (χ2n) is 6.80. The summed E-state index contributed by atoms with van der Waals surface area (Å²) in [5, 5.41) is 6.09. The number of imide groups is 1. The molecule has 0 bridgehead atoms. The number of aromatic nitrogens is 2. The lowest BCUT2D eigenvalue weighted by molar-refractivity contribution is -0.117. The number of halogens is 1. The van der Waals surface area contributed by atoms with Gasteiger partial charge in [-0.2, -0.15) is 0 Å². The molecule has 0 aliphatic carbocycles. The van der Waals surface area contributed by atoms with Gasteiger partial charge in [-0.15, -0.1) is 6.58 Å². The SMILES string of the molecule is C=CCn1c(SCC(=O)NC(=O)NC(C)(C)C)nc2ccc(Cl)cc2c1=O. The van der Waals surface area contributed by atoms with Gasteiger partial charge in [0.1, 0.15) is 0 Å². The first-order valence-electron chi connectivity index (χ1n) is 8.16. The van der Waals surface area contributed by atoms with Crippen LogP contribution in [0.1, 0.15) is 20.8 Å². The molecule has 0 aliphatic heterocycles. The number of benzene rings is 1. The number of hydrogen-bond acceptors (Lipinski definition) is 5. The number of amides is 3. The molecule has 0 unspecified atom stereocenters. The van der Waals surface area contributed by atoms with Crippen LogP contribution in [0, 0.1) is 0 Å². The third kappa shape index (κ3) is 5.83. The molecule has 7 nitrogen and oxygen atoms in total. The molecular weight excluding hydrogens is 388 g/mol. The minimum Gasteiger partial charge on any atom is -0.333 e. The molecule has 0 aliphatic rings. The number of thioether (sulfide) groups is 1. The fourth-order valence-corrected chi connectivity index (χ4v) is 3.22. The van der Waals surface area contributed by atoms with Crippen LogP contribution in [-0.2, 0) is 11.3 Å². The summed E-state index contributed by atoms with van der Waals surface area (Å²) < 4.78 is 1.42. The molecule has 1 aromatic carbocycles. The summed E-state index contributed by atoms with van der Waals surface area (Å²) >= 11 is 7.03. The molecule has 1 heterocycles. The molecule has 2 rings (SSSR count). The van der Waals surface area contributed by atoms with Crippen molar-refractivity contribution >= 4 is 46.2 Å². The van der Waals surface area contributed by atoms with Crippen LogP contribution >= 0.6 is 23.4 Å². The Morgan fingerprint density at radius 3 is 2.70 bits per heavy atom. The van der Waals surface area contributed by atoms with Crippen LogP contribution in [-0.4, -0.2) is 32.8 Å². The van der Waals surface area contributed by atoms with Crippen molar-refractivity contribution in [1.82, 2.24) is 20.2 Å². The molecule has 0 atom stereocenters. The average Bonchev–Trinajstić information content (AvgIpc) is 2.54. The van der Waals surface area contributed by atoms with Crippen molar-refractivity contribution < 1.29 is 9.59 Å². The van der Waals surface area contributed by atoms with Gasteiger partial charge in [0.15, 0.2) is 5.16 Å². The lowest BCUT2D eigenvalue weighted by atomic mass is 10.1. The largest absolute Gasteiger partial charge is 0.333 e. The second kappa shape index (κ2) is 8.58. The lowest BCUT2D eigenvalue weighted by Crippen LogP contribution is -2.48. The average molecular weight is 409 g/mol. The van der Waals surface area contributed by atoms with Crippen molar-refractivity contribution in [3.63, 3.8) is 0 Å². The summed E-state index contributed by atoms with van der Waals surface area (Å²) in [7, 11) is 0. The van der Waals surface area contributed by atoms with Gasteiger partial charge in [-0.1, -0.05) is 29.4 Å². The maximum absolute atomic E-state index is 12.7. The summed E-state index contributed by atoms with van der Waals surface area (Å²) in [6.45, 7) is 9.32. The molecule has 1 aromatic heterocycles. The molecule has 144 valence electrons. The first kappa shape index (κ1) is 21.0. The van der Waals surface area contributed by atoms with Crippen molar-refractivity contribution in [2.24, 2.45) is 0 Å². The number of rotatable bonds is 5. The Kier molecular flexibility index (Phi) is 6.67. The van der Waals surface area contributed by atoms with E-state index in [0.29, 0.717) is 21.1 Å². The monoisotopic (exact) mass is 408 g/mol. The number of nitrogens with zero attached hydrogens (tertiary/aromatic N) is 2. The Balaban J connectivity index is 2.20.